The van der Waals surface area contributed by atoms with Crippen LogP contribution in [0.3, 0.4) is 0 Å². The van der Waals surface area contributed by atoms with E-state index in [1.807, 2.05) is 7.05 Å². The average Bonchev–Trinajstić information content (AvgIpc) is 2.58. The molecule has 0 saturated heterocycles. The second kappa shape index (κ2) is 11.1. The van der Waals surface area contributed by atoms with Crippen molar-refractivity contribution in [1.29, 1.82) is 0 Å². The monoisotopic (exact) mass is 348 g/mol. The van der Waals surface area contributed by atoms with Crippen molar-refractivity contribution in [3.8, 4) is 0 Å². The topological polar surface area (TPSA) is 48.9 Å². The average molecular weight is 349 g/mol. The quantitative estimate of drug-likeness (QED) is 0.387. The Morgan fingerprint density at radius 3 is 2.64 bits per heavy atom. The highest BCUT2D eigenvalue weighted by molar-refractivity contribution is 5.79. The minimum Gasteiger partial charge on any atom is -0.385 e. The second-order valence-electron chi connectivity index (χ2n) is 7.26. The van der Waals surface area contributed by atoms with Gasteiger partial charge < -0.3 is 20.3 Å². The first-order valence-corrected chi connectivity index (χ1v) is 9.08. The molecule has 0 saturated carbocycles. The first kappa shape index (κ1) is 21.5. The SMILES string of the molecule is CN=C(NCCN(C)CCCOC)NCC(C)(C)c1cccc(C)c1. The van der Waals surface area contributed by atoms with E-state index in [2.05, 4.69) is 72.6 Å². The molecule has 0 aliphatic carbocycles. The lowest BCUT2D eigenvalue weighted by Crippen LogP contribution is -2.45. The van der Waals surface area contributed by atoms with E-state index in [0.717, 1.165) is 45.2 Å². The number of ether oxygens (including phenoxy) is 1. The fourth-order valence-electron chi connectivity index (χ4n) is 2.65. The molecule has 0 atom stereocenters. The lowest BCUT2D eigenvalue weighted by molar-refractivity contribution is 0.180. The summed E-state index contributed by atoms with van der Waals surface area (Å²) < 4.78 is 5.09. The smallest absolute Gasteiger partial charge is 0.191 e. The zero-order valence-electron chi connectivity index (χ0n) is 16.9. The molecule has 0 unspecified atom stereocenters. The van der Waals surface area contributed by atoms with E-state index >= 15 is 0 Å². The highest BCUT2D eigenvalue weighted by atomic mass is 16.5. The first-order valence-electron chi connectivity index (χ1n) is 9.08. The van der Waals surface area contributed by atoms with Gasteiger partial charge in [0.2, 0.25) is 0 Å². The third kappa shape index (κ3) is 8.36. The molecular formula is C20H36N4O. The number of nitrogens with one attached hydrogen (secondary N) is 2. The molecule has 1 aromatic carbocycles. The van der Waals surface area contributed by atoms with Gasteiger partial charge in [-0.3, -0.25) is 4.99 Å². The van der Waals surface area contributed by atoms with Crippen molar-refractivity contribution in [2.45, 2.75) is 32.6 Å². The van der Waals surface area contributed by atoms with Crippen LogP contribution in [-0.2, 0) is 10.2 Å². The van der Waals surface area contributed by atoms with E-state index in [9.17, 15) is 0 Å². The fourth-order valence-corrected chi connectivity index (χ4v) is 2.65. The van der Waals surface area contributed by atoms with Crippen molar-refractivity contribution in [2.75, 3.05) is 54.0 Å². The molecule has 2 N–H and O–H groups in total. The Bertz CT molecular complexity index is 528. The van der Waals surface area contributed by atoms with Crippen LogP contribution in [0.25, 0.3) is 0 Å². The lowest BCUT2D eigenvalue weighted by Gasteiger charge is -2.27. The van der Waals surface area contributed by atoms with Gasteiger partial charge in [-0.25, -0.2) is 0 Å². The van der Waals surface area contributed by atoms with Crippen molar-refractivity contribution in [3.63, 3.8) is 0 Å². The van der Waals surface area contributed by atoms with Crippen LogP contribution >= 0.6 is 0 Å². The van der Waals surface area contributed by atoms with E-state index in [0.29, 0.717) is 0 Å². The van der Waals surface area contributed by atoms with E-state index in [1.54, 1.807) is 7.11 Å². The van der Waals surface area contributed by atoms with Crippen LogP contribution in [0.1, 0.15) is 31.4 Å². The van der Waals surface area contributed by atoms with Gasteiger partial charge in [0.25, 0.3) is 0 Å². The molecule has 0 spiro atoms. The van der Waals surface area contributed by atoms with Gasteiger partial charge in [-0.2, -0.15) is 0 Å². The summed E-state index contributed by atoms with van der Waals surface area (Å²) in [5, 5.41) is 6.85. The van der Waals surface area contributed by atoms with Gasteiger partial charge in [0.05, 0.1) is 0 Å². The van der Waals surface area contributed by atoms with Crippen LogP contribution < -0.4 is 10.6 Å². The number of guanidine groups is 1. The van der Waals surface area contributed by atoms with Gasteiger partial charge in [0, 0.05) is 52.4 Å². The molecule has 5 heteroatoms. The largest absolute Gasteiger partial charge is 0.385 e. The van der Waals surface area contributed by atoms with Crippen LogP contribution in [0.5, 0.6) is 0 Å². The van der Waals surface area contributed by atoms with Gasteiger partial charge in [-0.05, 0) is 26.0 Å². The molecule has 0 radical (unpaired) electrons. The fraction of sp³-hybridized carbons (Fsp3) is 0.650. The van der Waals surface area contributed by atoms with Gasteiger partial charge in [-0.1, -0.05) is 43.7 Å². The molecule has 0 fully saturated rings. The molecule has 0 heterocycles. The molecule has 0 amide bonds. The Hall–Kier alpha value is -1.59. The van der Waals surface area contributed by atoms with Crippen molar-refractivity contribution in [2.24, 2.45) is 4.99 Å². The number of aliphatic imine (C=N–C) groups is 1. The second-order valence-corrected chi connectivity index (χ2v) is 7.26. The highest BCUT2D eigenvalue weighted by Gasteiger charge is 2.20. The van der Waals surface area contributed by atoms with Gasteiger partial charge in [-0.15, -0.1) is 0 Å². The molecule has 142 valence electrons. The summed E-state index contributed by atoms with van der Waals surface area (Å²) >= 11 is 0. The van der Waals surface area contributed by atoms with Crippen molar-refractivity contribution in [3.05, 3.63) is 35.4 Å². The molecule has 0 aromatic heterocycles. The van der Waals surface area contributed by atoms with Gasteiger partial charge in [0.1, 0.15) is 0 Å². The first-order chi connectivity index (χ1) is 11.9. The number of aryl methyl sites for hydroxylation is 1. The number of benzene rings is 1. The summed E-state index contributed by atoms with van der Waals surface area (Å²) in [5.74, 6) is 0.853. The molecule has 0 aliphatic rings. The zero-order chi connectivity index (χ0) is 18.7. The van der Waals surface area contributed by atoms with Gasteiger partial charge in [0.15, 0.2) is 5.96 Å². The third-order valence-electron chi connectivity index (χ3n) is 4.40. The predicted octanol–water partition coefficient (Wildman–Crippen LogP) is 2.41. The van der Waals surface area contributed by atoms with E-state index in [-0.39, 0.29) is 5.41 Å². The lowest BCUT2D eigenvalue weighted by atomic mass is 9.84. The molecule has 1 aromatic rings. The molecule has 5 nitrogen and oxygen atoms in total. The maximum atomic E-state index is 5.09. The Morgan fingerprint density at radius 1 is 1.24 bits per heavy atom. The van der Waals surface area contributed by atoms with Crippen molar-refractivity contribution in [1.82, 2.24) is 15.5 Å². The number of hydrogen-bond donors (Lipinski definition) is 2. The van der Waals surface area contributed by atoms with E-state index in [1.165, 1.54) is 11.1 Å². The van der Waals surface area contributed by atoms with Crippen LogP contribution in [0.4, 0.5) is 0 Å². The summed E-state index contributed by atoms with van der Waals surface area (Å²) in [6.07, 6.45) is 1.06. The normalized spacial score (nSPS) is 12.5. The Labute approximate surface area is 153 Å². The number of methoxy groups -OCH3 is 1. The Kier molecular flexibility index (Phi) is 9.53. The van der Waals surface area contributed by atoms with Crippen LogP contribution in [0.15, 0.2) is 29.3 Å². The Balaban J connectivity index is 2.38. The molecule has 25 heavy (non-hydrogen) atoms. The van der Waals surface area contributed by atoms with Crippen molar-refractivity contribution < 1.29 is 4.74 Å². The summed E-state index contributed by atoms with van der Waals surface area (Å²) in [4.78, 5) is 6.63. The molecule has 0 bridgehead atoms. The summed E-state index contributed by atoms with van der Waals surface area (Å²) in [7, 11) is 5.70. The summed E-state index contributed by atoms with van der Waals surface area (Å²) in [6.45, 7) is 11.2. The highest BCUT2D eigenvalue weighted by Crippen LogP contribution is 2.22. The van der Waals surface area contributed by atoms with Crippen LogP contribution in [0, 0.1) is 6.92 Å². The van der Waals surface area contributed by atoms with E-state index < -0.39 is 0 Å². The minimum absolute atomic E-state index is 0.0422. The number of nitrogens with zero attached hydrogens (tertiary/aromatic N) is 2. The molecule has 1 rings (SSSR count). The zero-order valence-corrected chi connectivity index (χ0v) is 16.9. The maximum Gasteiger partial charge on any atom is 0.191 e. The molecule has 0 aliphatic heterocycles. The number of likely N-dealkylation sites (N-methyl/N-ethyl adjacent to an activating group) is 1. The summed E-state index contributed by atoms with van der Waals surface area (Å²) in [6, 6.07) is 8.71. The Morgan fingerprint density at radius 2 is 2.00 bits per heavy atom. The molecular weight excluding hydrogens is 312 g/mol. The van der Waals surface area contributed by atoms with Gasteiger partial charge >= 0.3 is 0 Å². The van der Waals surface area contributed by atoms with Crippen LogP contribution in [0.2, 0.25) is 0 Å². The minimum atomic E-state index is 0.0422. The maximum absolute atomic E-state index is 5.09. The van der Waals surface area contributed by atoms with Crippen molar-refractivity contribution >= 4 is 5.96 Å². The van der Waals surface area contributed by atoms with E-state index in [4.69, 9.17) is 4.74 Å². The number of rotatable bonds is 10. The summed E-state index contributed by atoms with van der Waals surface area (Å²) in [5.41, 5.74) is 2.68. The third-order valence-corrected chi connectivity index (χ3v) is 4.40. The predicted molar refractivity (Wildman–Crippen MR) is 108 cm³/mol. The van der Waals surface area contributed by atoms with Crippen LogP contribution in [-0.4, -0.2) is 64.9 Å². The standard InChI is InChI=1S/C20H36N4O/c1-17-9-7-10-18(15-17)20(2,3)16-23-19(21-4)22-11-13-24(5)12-8-14-25-6/h7,9-10,15H,8,11-14,16H2,1-6H3,(H2,21,22,23). The number of hydrogen-bond acceptors (Lipinski definition) is 3.